The molecule has 184 valence electrons. The van der Waals surface area contributed by atoms with Gasteiger partial charge in [-0.3, -0.25) is 4.79 Å². The summed E-state index contributed by atoms with van der Waals surface area (Å²) >= 11 is 0. The fourth-order valence-electron chi connectivity index (χ4n) is 4.73. The Hall–Kier alpha value is -2.13. The molecular weight excluding hydrogens is 539 g/mol. The fourth-order valence-corrected chi connectivity index (χ4v) is 4.73. The molecule has 1 unspecified atom stereocenters. The highest BCUT2D eigenvalue weighted by Gasteiger charge is 2.25. The van der Waals surface area contributed by atoms with Crippen molar-refractivity contribution in [1.82, 2.24) is 15.1 Å². The second-order valence-electron chi connectivity index (χ2n) is 9.07. The largest absolute Gasteiger partial charge is 0.370 e. The third-order valence-electron chi connectivity index (χ3n) is 6.42. The van der Waals surface area contributed by atoms with Gasteiger partial charge in [0, 0.05) is 32.6 Å². The minimum absolute atomic E-state index is 0. The molecule has 2 aliphatic rings. The van der Waals surface area contributed by atoms with Gasteiger partial charge in [0.1, 0.15) is 6.10 Å². The van der Waals surface area contributed by atoms with Crippen LogP contribution in [0.4, 0.5) is 0 Å². The highest BCUT2D eigenvalue weighted by Crippen LogP contribution is 2.26. The molecule has 2 aliphatic heterocycles. The average Bonchev–Trinajstić information content (AvgIpc) is 3.21. The highest BCUT2D eigenvalue weighted by molar-refractivity contribution is 14.0. The molecule has 2 saturated heterocycles. The first kappa shape index (κ1) is 26.5. The first-order chi connectivity index (χ1) is 16.0. The van der Waals surface area contributed by atoms with Gasteiger partial charge in [-0.2, -0.15) is 0 Å². The number of rotatable bonds is 6. The van der Waals surface area contributed by atoms with E-state index < -0.39 is 0 Å². The molecule has 1 amide bonds. The second kappa shape index (κ2) is 12.5. The van der Waals surface area contributed by atoms with E-state index in [9.17, 15) is 4.79 Å². The molecule has 1 atom stereocenters. The molecular formula is C27H37IN4O2. The van der Waals surface area contributed by atoms with E-state index in [1.165, 1.54) is 22.3 Å². The minimum Gasteiger partial charge on any atom is -0.370 e. The molecule has 0 spiro atoms. The lowest BCUT2D eigenvalue weighted by molar-refractivity contribution is -0.128. The maximum Gasteiger partial charge on any atom is 0.222 e. The molecule has 0 radical (unpaired) electrons. The smallest absolute Gasteiger partial charge is 0.222 e. The summed E-state index contributed by atoms with van der Waals surface area (Å²) in [5, 5.41) is 3.46. The second-order valence-corrected chi connectivity index (χ2v) is 9.07. The van der Waals surface area contributed by atoms with Crippen LogP contribution in [-0.4, -0.2) is 54.5 Å². The van der Waals surface area contributed by atoms with Crippen LogP contribution in [0.25, 0.3) is 0 Å². The number of guanidine groups is 1. The third kappa shape index (κ3) is 6.72. The summed E-state index contributed by atoms with van der Waals surface area (Å²) in [5.41, 5.74) is 6.13. The van der Waals surface area contributed by atoms with Crippen molar-refractivity contribution in [3.8, 4) is 0 Å². The van der Waals surface area contributed by atoms with Crippen molar-refractivity contribution in [3.63, 3.8) is 0 Å². The Morgan fingerprint density at radius 3 is 2.71 bits per heavy atom. The van der Waals surface area contributed by atoms with E-state index in [2.05, 4.69) is 73.5 Å². The lowest BCUT2D eigenvalue weighted by Crippen LogP contribution is -2.48. The number of aryl methyl sites for hydroxylation is 2. The molecule has 0 aliphatic carbocycles. The van der Waals surface area contributed by atoms with Gasteiger partial charge in [-0.1, -0.05) is 48.0 Å². The van der Waals surface area contributed by atoms with Crippen LogP contribution in [0.5, 0.6) is 0 Å². The lowest BCUT2D eigenvalue weighted by atomic mass is 10.00. The van der Waals surface area contributed by atoms with E-state index in [-0.39, 0.29) is 36.0 Å². The zero-order chi connectivity index (χ0) is 23.2. The van der Waals surface area contributed by atoms with Crippen LogP contribution >= 0.6 is 24.0 Å². The predicted molar refractivity (Wildman–Crippen MR) is 148 cm³/mol. The molecule has 0 bridgehead atoms. The van der Waals surface area contributed by atoms with Gasteiger partial charge in [0.2, 0.25) is 5.91 Å². The van der Waals surface area contributed by atoms with Gasteiger partial charge in [0.15, 0.2) is 5.96 Å². The predicted octanol–water partition coefficient (Wildman–Crippen LogP) is 4.58. The van der Waals surface area contributed by atoms with Gasteiger partial charge in [0.05, 0.1) is 19.7 Å². The summed E-state index contributed by atoms with van der Waals surface area (Å²) in [6, 6.07) is 15.0. The minimum atomic E-state index is 0. The number of hydrogen-bond acceptors (Lipinski definition) is 3. The summed E-state index contributed by atoms with van der Waals surface area (Å²) in [5.74, 6) is 1.19. The van der Waals surface area contributed by atoms with E-state index >= 15 is 0 Å². The van der Waals surface area contributed by atoms with Crippen LogP contribution in [0.1, 0.15) is 53.7 Å². The van der Waals surface area contributed by atoms with E-state index in [0.717, 1.165) is 44.1 Å². The molecule has 6 nitrogen and oxygen atoms in total. The molecule has 2 aromatic carbocycles. The number of halogens is 1. The molecule has 34 heavy (non-hydrogen) atoms. The zero-order valence-corrected chi connectivity index (χ0v) is 22.9. The number of amides is 1. The molecule has 0 aromatic heterocycles. The lowest BCUT2D eigenvalue weighted by Gasteiger charge is -2.36. The van der Waals surface area contributed by atoms with Crippen LogP contribution in [0, 0.1) is 13.8 Å². The van der Waals surface area contributed by atoms with Gasteiger partial charge in [-0.25, -0.2) is 4.99 Å². The van der Waals surface area contributed by atoms with Gasteiger partial charge < -0.3 is 19.9 Å². The quantitative estimate of drug-likeness (QED) is 0.311. The number of carbonyl (C=O) groups excluding carboxylic acids is 1. The first-order valence-electron chi connectivity index (χ1n) is 12.1. The first-order valence-corrected chi connectivity index (χ1v) is 12.1. The number of benzene rings is 2. The molecule has 0 saturated carbocycles. The van der Waals surface area contributed by atoms with Crippen LogP contribution in [0.3, 0.4) is 0 Å². The van der Waals surface area contributed by atoms with Crippen LogP contribution < -0.4 is 5.32 Å². The molecule has 7 heteroatoms. The summed E-state index contributed by atoms with van der Waals surface area (Å²) in [6.45, 7) is 11.7. The number of hydrogen-bond donors (Lipinski definition) is 1. The molecule has 2 heterocycles. The number of nitrogens with zero attached hydrogens (tertiary/aromatic N) is 3. The maximum atomic E-state index is 12.0. The maximum absolute atomic E-state index is 12.0. The normalized spacial score (nSPS) is 18.7. The van der Waals surface area contributed by atoms with E-state index in [1.54, 1.807) is 0 Å². The Morgan fingerprint density at radius 1 is 1.15 bits per heavy atom. The molecule has 4 rings (SSSR count). The van der Waals surface area contributed by atoms with Gasteiger partial charge >= 0.3 is 0 Å². The number of aliphatic imine (C=N–C) groups is 1. The monoisotopic (exact) mass is 576 g/mol. The molecule has 2 fully saturated rings. The van der Waals surface area contributed by atoms with Crippen molar-refractivity contribution in [2.45, 2.75) is 52.8 Å². The van der Waals surface area contributed by atoms with Crippen LogP contribution in [0.2, 0.25) is 0 Å². The SMILES string of the molecule is CCNC(=NCc1cccc(CN2CCCC2=O)c1)N1CCOC(c2ccc(C)cc2C)C1.I. The number of ether oxygens (including phenoxy) is 1. The fraction of sp³-hybridized carbons (Fsp3) is 0.481. The Kier molecular flexibility index (Phi) is 9.76. The number of carbonyl (C=O) groups is 1. The van der Waals surface area contributed by atoms with Gasteiger partial charge in [0.25, 0.3) is 0 Å². The Morgan fingerprint density at radius 2 is 1.97 bits per heavy atom. The Bertz CT molecular complexity index is 1010. The number of nitrogens with one attached hydrogen (secondary N) is 1. The van der Waals surface area contributed by atoms with Gasteiger partial charge in [-0.15, -0.1) is 24.0 Å². The van der Waals surface area contributed by atoms with Crippen LogP contribution in [-0.2, 0) is 22.6 Å². The van der Waals surface area contributed by atoms with E-state index in [4.69, 9.17) is 9.73 Å². The van der Waals surface area contributed by atoms with Crippen molar-refractivity contribution in [2.24, 2.45) is 4.99 Å². The highest BCUT2D eigenvalue weighted by atomic mass is 127. The van der Waals surface area contributed by atoms with Crippen molar-refractivity contribution >= 4 is 35.8 Å². The third-order valence-corrected chi connectivity index (χ3v) is 6.42. The standard InChI is InChI=1S/C27H36N4O2.HI/c1-4-28-27(31-13-14-33-25(19-31)24-11-10-20(2)15-21(24)3)29-17-22-7-5-8-23(16-22)18-30-12-6-9-26(30)32;/h5,7-8,10-11,15-16,25H,4,6,9,12-14,17-19H2,1-3H3,(H,28,29);1H. The average molecular weight is 577 g/mol. The zero-order valence-electron chi connectivity index (χ0n) is 20.5. The summed E-state index contributed by atoms with van der Waals surface area (Å²) in [7, 11) is 0. The van der Waals surface area contributed by atoms with Crippen molar-refractivity contribution in [2.75, 3.05) is 32.8 Å². The van der Waals surface area contributed by atoms with E-state index in [1.807, 2.05) is 4.90 Å². The summed E-state index contributed by atoms with van der Waals surface area (Å²) < 4.78 is 6.14. The van der Waals surface area contributed by atoms with Crippen molar-refractivity contribution < 1.29 is 9.53 Å². The summed E-state index contributed by atoms with van der Waals surface area (Å²) in [6.07, 6.45) is 1.69. The van der Waals surface area contributed by atoms with Crippen LogP contribution in [0.15, 0.2) is 47.5 Å². The number of morpholine rings is 1. The van der Waals surface area contributed by atoms with E-state index in [0.29, 0.717) is 26.1 Å². The Labute approximate surface area is 220 Å². The summed E-state index contributed by atoms with van der Waals surface area (Å²) in [4.78, 5) is 21.2. The van der Waals surface area contributed by atoms with Crippen molar-refractivity contribution in [1.29, 1.82) is 0 Å². The topological polar surface area (TPSA) is 57.2 Å². The van der Waals surface area contributed by atoms with Gasteiger partial charge in [-0.05, 0) is 49.4 Å². The molecule has 2 aromatic rings. The number of likely N-dealkylation sites (tertiary alicyclic amines) is 1. The molecule has 1 N–H and O–H groups in total. The van der Waals surface area contributed by atoms with Crippen molar-refractivity contribution in [3.05, 3.63) is 70.3 Å². The Balaban J connectivity index is 0.00000324.